The number of nitrogens with one attached hydrogen (secondary N) is 1. The van der Waals surface area contributed by atoms with Crippen LogP contribution in [0.3, 0.4) is 0 Å². The summed E-state index contributed by atoms with van der Waals surface area (Å²) in [5.41, 5.74) is 1.48. The molecule has 0 saturated heterocycles. The van der Waals surface area contributed by atoms with E-state index in [4.69, 9.17) is 0 Å². The Labute approximate surface area is 86.0 Å². The second-order valence-corrected chi connectivity index (χ2v) is 3.96. The van der Waals surface area contributed by atoms with Crippen LogP contribution in [0, 0.1) is 0 Å². The monoisotopic (exact) mass is 191 g/mol. The summed E-state index contributed by atoms with van der Waals surface area (Å²) in [7, 11) is 0. The Bertz CT molecular complexity index is 307. The summed E-state index contributed by atoms with van der Waals surface area (Å²) >= 11 is 0. The summed E-state index contributed by atoms with van der Waals surface area (Å²) in [6, 6.07) is 4.42. The van der Waals surface area contributed by atoms with Crippen LogP contribution in [0.2, 0.25) is 0 Å². The van der Waals surface area contributed by atoms with E-state index >= 15 is 0 Å². The minimum absolute atomic E-state index is 1.12. The van der Waals surface area contributed by atoms with Crippen molar-refractivity contribution in [3.05, 3.63) is 23.9 Å². The molecule has 2 heterocycles. The molecule has 0 radical (unpaired) electrons. The molecule has 1 N–H and O–H groups in total. The highest BCUT2D eigenvalue weighted by Crippen LogP contribution is 2.16. The van der Waals surface area contributed by atoms with Crippen molar-refractivity contribution in [2.75, 3.05) is 11.9 Å². The number of hydrogen-bond acceptors (Lipinski definition) is 1. The highest BCUT2D eigenvalue weighted by molar-refractivity contribution is 5.39. The Kier molecular flexibility index (Phi) is 3.02. The second kappa shape index (κ2) is 4.45. The Morgan fingerprint density at radius 2 is 2.36 bits per heavy atom. The van der Waals surface area contributed by atoms with Gasteiger partial charge in [0.2, 0.25) is 0 Å². The fourth-order valence-electron chi connectivity index (χ4n) is 2.09. The van der Waals surface area contributed by atoms with Crippen molar-refractivity contribution in [3.8, 4) is 0 Å². The van der Waals surface area contributed by atoms with Crippen molar-refractivity contribution in [2.24, 2.45) is 0 Å². The number of anilines is 1. The van der Waals surface area contributed by atoms with E-state index in [0.717, 1.165) is 13.1 Å². The molecule has 1 aliphatic heterocycles. The number of pyridine rings is 1. The quantitative estimate of drug-likeness (QED) is 0.708. The molecule has 0 atom stereocenters. The number of rotatable bonds is 2. The van der Waals surface area contributed by atoms with Gasteiger partial charge in [-0.05, 0) is 37.8 Å². The number of fused-ring (bicyclic) bond motifs is 1. The second-order valence-electron chi connectivity index (χ2n) is 3.96. The molecule has 0 spiro atoms. The summed E-state index contributed by atoms with van der Waals surface area (Å²) < 4.78 is 2.35. The summed E-state index contributed by atoms with van der Waals surface area (Å²) in [4.78, 5) is 0. The zero-order valence-electron chi connectivity index (χ0n) is 8.92. The SMILES string of the molecule is CCC[n+]1cccc2c1NCCCC2. The van der Waals surface area contributed by atoms with Crippen LogP contribution < -0.4 is 9.88 Å². The van der Waals surface area contributed by atoms with Gasteiger partial charge in [-0.1, -0.05) is 6.92 Å². The molecule has 14 heavy (non-hydrogen) atoms. The van der Waals surface area contributed by atoms with Crippen LogP contribution in [0.15, 0.2) is 18.3 Å². The molecule has 0 amide bonds. The van der Waals surface area contributed by atoms with E-state index in [1.54, 1.807) is 0 Å². The van der Waals surface area contributed by atoms with Gasteiger partial charge in [-0.2, -0.15) is 0 Å². The molecule has 2 rings (SSSR count). The number of nitrogens with zero attached hydrogens (tertiary/aromatic N) is 1. The van der Waals surface area contributed by atoms with Crippen molar-refractivity contribution in [2.45, 2.75) is 39.2 Å². The standard InChI is InChI=1S/C12H18N2/c1-2-9-14-10-5-7-11-6-3-4-8-13-12(11)14/h5,7,10H,2-4,6,8-9H2,1H3/p+1. The fraction of sp³-hybridized carbons (Fsp3) is 0.583. The van der Waals surface area contributed by atoms with Gasteiger partial charge in [0.1, 0.15) is 0 Å². The molecular formula is C12H19N2+. The largest absolute Gasteiger partial charge is 0.277 e. The number of hydrogen-bond donors (Lipinski definition) is 1. The maximum atomic E-state index is 3.54. The summed E-state index contributed by atoms with van der Waals surface area (Å²) in [5, 5.41) is 3.54. The molecule has 1 aliphatic rings. The van der Waals surface area contributed by atoms with Crippen molar-refractivity contribution in [3.63, 3.8) is 0 Å². The molecule has 0 unspecified atom stereocenters. The highest BCUT2D eigenvalue weighted by atomic mass is 15.1. The Balaban J connectivity index is 2.32. The van der Waals surface area contributed by atoms with Crippen LogP contribution in [-0.2, 0) is 13.0 Å². The minimum Gasteiger partial charge on any atom is -0.274 e. The van der Waals surface area contributed by atoms with Gasteiger partial charge >= 0.3 is 0 Å². The predicted octanol–water partition coefficient (Wildman–Crippen LogP) is 2.13. The normalized spacial score (nSPS) is 15.5. The number of aromatic nitrogens is 1. The topological polar surface area (TPSA) is 15.9 Å². The molecule has 0 fully saturated rings. The van der Waals surface area contributed by atoms with Crippen molar-refractivity contribution < 1.29 is 4.57 Å². The van der Waals surface area contributed by atoms with Crippen LogP contribution in [-0.4, -0.2) is 6.54 Å². The molecule has 76 valence electrons. The van der Waals surface area contributed by atoms with Gasteiger partial charge in [0.15, 0.2) is 0 Å². The molecule has 1 aromatic heterocycles. The molecule has 2 nitrogen and oxygen atoms in total. The smallest absolute Gasteiger partial charge is 0.274 e. The van der Waals surface area contributed by atoms with E-state index in [9.17, 15) is 0 Å². The van der Waals surface area contributed by atoms with E-state index in [1.165, 1.54) is 37.1 Å². The van der Waals surface area contributed by atoms with Gasteiger partial charge in [0, 0.05) is 5.56 Å². The lowest BCUT2D eigenvalue weighted by molar-refractivity contribution is -0.683. The van der Waals surface area contributed by atoms with Crippen molar-refractivity contribution in [1.29, 1.82) is 0 Å². The van der Waals surface area contributed by atoms with Crippen LogP contribution in [0.5, 0.6) is 0 Å². The minimum atomic E-state index is 1.12. The first kappa shape index (κ1) is 9.50. The van der Waals surface area contributed by atoms with Crippen LogP contribution in [0.1, 0.15) is 31.7 Å². The fourth-order valence-corrected chi connectivity index (χ4v) is 2.09. The Morgan fingerprint density at radius 1 is 1.43 bits per heavy atom. The van der Waals surface area contributed by atoms with Gasteiger partial charge in [-0.25, -0.2) is 4.57 Å². The lowest BCUT2D eigenvalue weighted by Gasteiger charge is -2.07. The molecule has 1 aromatic rings. The molecule has 0 aliphatic carbocycles. The van der Waals surface area contributed by atoms with E-state index in [1.807, 2.05) is 0 Å². The van der Waals surface area contributed by atoms with Crippen molar-refractivity contribution in [1.82, 2.24) is 0 Å². The first-order chi connectivity index (χ1) is 6.92. The van der Waals surface area contributed by atoms with Gasteiger partial charge in [0.25, 0.3) is 5.82 Å². The Morgan fingerprint density at radius 3 is 3.21 bits per heavy atom. The van der Waals surface area contributed by atoms with Crippen molar-refractivity contribution >= 4 is 5.82 Å². The van der Waals surface area contributed by atoms with Gasteiger partial charge in [-0.15, -0.1) is 0 Å². The molecule has 2 heteroatoms. The third-order valence-corrected chi connectivity index (χ3v) is 2.78. The maximum absolute atomic E-state index is 3.54. The Hall–Kier alpha value is -1.05. The highest BCUT2D eigenvalue weighted by Gasteiger charge is 2.16. The predicted molar refractivity (Wildman–Crippen MR) is 58.4 cm³/mol. The average molecular weight is 191 g/mol. The molecular weight excluding hydrogens is 172 g/mol. The van der Waals surface area contributed by atoms with Crippen LogP contribution >= 0.6 is 0 Å². The number of aryl methyl sites for hydroxylation is 2. The summed E-state index contributed by atoms with van der Waals surface area (Å²) in [6.07, 6.45) is 7.22. The molecule has 0 bridgehead atoms. The molecule has 0 saturated carbocycles. The van der Waals surface area contributed by atoms with E-state index in [-0.39, 0.29) is 0 Å². The van der Waals surface area contributed by atoms with E-state index in [0.29, 0.717) is 0 Å². The lowest BCUT2D eigenvalue weighted by atomic mass is 10.1. The zero-order chi connectivity index (χ0) is 9.80. The van der Waals surface area contributed by atoms with Crippen LogP contribution in [0.25, 0.3) is 0 Å². The summed E-state index contributed by atoms with van der Waals surface area (Å²) in [5.74, 6) is 1.35. The third-order valence-electron chi connectivity index (χ3n) is 2.78. The third kappa shape index (κ3) is 1.89. The van der Waals surface area contributed by atoms with Crippen LogP contribution in [0.4, 0.5) is 5.82 Å². The van der Waals surface area contributed by atoms with E-state index < -0.39 is 0 Å². The van der Waals surface area contributed by atoms with Gasteiger partial charge in [-0.3, -0.25) is 5.32 Å². The first-order valence-electron chi connectivity index (χ1n) is 5.67. The molecule has 0 aromatic carbocycles. The lowest BCUT2D eigenvalue weighted by Crippen LogP contribution is -2.37. The summed E-state index contributed by atoms with van der Waals surface area (Å²) in [6.45, 7) is 4.47. The van der Waals surface area contributed by atoms with E-state index in [2.05, 4.69) is 35.1 Å². The van der Waals surface area contributed by atoms with Gasteiger partial charge in [0.05, 0.1) is 19.3 Å². The average Bonchev–Trinajstić information content (AvgIpc) is 2.44. The first-order valence-corrected chi connectivity index (χ1v) is 5.67. The maximum Gasteiger partial charge on any atom is 0.277 e. The van der Waals surface area contributed by atoms with Gasteiger partial charge < -0.3 is 0 Å². The zero-order valence-corrected chi connectivity index (χ0v) is 8.92.